The highest BCUT2D eigenvalue weighted by Gasteiger charge is 2.33. The van der Waals surface area contributed by atoms with E-state index in [9.17, 15) is 9.59 Å². The molecule has 3 aromatic rings. The van der Waals surface area contributed by atoms with Crippen molar-refractivity contribution in [1.29, 1.82) is 0 Å². The van der Waals surface area contributed by atoms with Gasteiger partial charge in [0.1, 0.15) is 0 Å². The molecule has 1 heterocycles. The molecule has 34 heavy (non-hydrogen) atoms. The van der Waals surface area contributed by atoms with Gasteiger partial charge in [-0.05, 0) is 53.4 Å². The van der Waals surface area contributed by atoms with E-state index in [4.69, 9.17) is 9.84 Å². The van der Waals surface area contributed by atoms with Gasteiger partial charge in [-0.1, -0.05) is 72.2 Å². The van der Waals surface area contributed by atoms with Crippen LogP contribution in [0.4, 0.5) is 10.5 Å². The fourth-order valence-corrected chi connectivity index (χ4v) is 3.94. The van der Waals surface area contributed by atoms with Crippen LogP contribution in [0.25, 0.3) is 0 Å². The van der Waals surface area contributed by atoms with Crippen molar-refractivity contribution in [3.8, 4) is 0 Å². The first-order valence-corrected chi connectivity index (χ1v) is 12.0. The number of benzene rings is 3. The number of halogens is 1. The molecule has 1 unspecified atom stereocenters. The summed E-state index contributed by atoms with van der Waals surface area (Å²) in [5.74, 6) is 0.122. The fraction of sp³-hybridized carbons (Fsp3) is 0.222. The van der Waals surface area contributed by atoms with Crippen molar-refractivity contribution >= 4 is 39.3 Å². The summed E-state index contributed by atoms with van der Waals surface area (Å²) in [4.78, 5) is 25.3. The van der Waals surface area contributed by atoms with Gasteiger partial charge >= 0.3 is 6.09 Å². The lowest BCUT2D eigenvalue weighted by Gasteiger charge is -2.22. The molecule has 6 nitrogen and oxygen atoms in total. The highest BCUT2D eigenvalue weighted by molar-refractivity contribution is 9.10. The topological polar surface area (TPSA) is 71.0 Å². The number of rotatable bonds is 6. The molecular weight excluding hydrogens is 494 g/mol. The first-order chi connectivity index (χ1) is 16.4. The van der Waals surface area contributed by atoms with Gasteiger partial charge in [0, 0.05) is 22.1 Å². The Morgan fingerprint density at radius 3 is 2.35 bits per heavy atom. The van der Waals surface area contributed by atoms with Crippen molar-refractivity contribution in [2.45, 2.75) is 26.3 Å². The molecule has 1 aliphatic heterocycles. The molecule has 0 aliphatic carbocycles. The van der Waals surface area contributed by atoms with E-state index >= 15 is 0 Å². The van der Waals surface area contributed by atoms with Crippen LogP contribution < -0.4 is 5.32 Å². The van der Waals surface area contributed by atoms with Gasteiger partial charge in [-0.15, -0.1) is 0 Å². The van der Waals surface area contributed by atoms with E-state index in [1.165, 1.54) is 0 Å². The largest absolute Gasteiger partial charge is 0.449 e. The first-order valence-electron chi connectivity index (χ1n) is 11.2. The maximum absolute atomic E-state index is 13.3. The second kappa shape index (κ2) is 10.7. The molecule has 7 heteroatoms. The highest BCUT2D eigenvalue weighted by atomic mass is 79.9. The Morgan fingerprint density at radius 1 is 1.03 bits per heavy atom. The Morgan fingerprint density at radius 2 is 1.71 bits per heavy atom. The Bertz CT molecular complexity index is 1180. The van der Waals surface area contributed by atoms with Crippen LogP contribution in [-0.4, -0.2) is 29.3 Å². The monoisotopic (exact) mass is 519 g/mol. The average Bonchev–Trinajstić information content (AvgIpc) is 3.29. The Hall–Kier alpha value is -3.45. The maximum Gasteiger partial charge on any atom is 0.411 e. The van der Waals surface area contributed by atoms with Crippen LogP contribution in [0.3, 0.4) is 0 Å². The number of amides is 2. The van der Waals surface area contributed by atoms with Crippen LogP contribution in [0.5, 0.6) is 0 Å². The molecule has 3 aromatic carbocycles. The highest BCUT2D eigenvalue weighted by Crippen LogP contribution is 2.34. The summed E-state index contributed by atoms with van der Waals surface area (Å²) in [6.45, 7) is 4.33. The zero-order chi connectivity index (χ0) is 24.1. The lowest BCUT2D eigenvalue weighted by atomic mass is 9.98. The Kier molecular flexibility index (Phi) is 7.43. The van der Waals surface area contributed by atoms with Gasteiger partial charge in [0.2, 0.25) is 0 Å². The third kappa shape index (κ3) is 5.72. The van der Waals surface area contributed by atoms with Crippen molar-refractivity contribution < 1.29 is 14.3 Å². The van der Waals surface area contributed by atoms with Crippen LogP contribution in [0.1, 0.15) is 47.8 Å². The predicted octanol–water partition coefficient (Wildman–Crippen LogP) is 6.65. The molecular formula is C27H26BrN3O3. The SMILES string of the molecule is CC(C)COC(=O)Nc1ccc(C2=NN(C(=O)c3ccc(Br)cc3)C(c3ccccc3)C2)cc1. The van der Waals surface area contributed by atoms with Crippen LogP contribution in [0.2, 0.25) is 0 Å². The van der Waals surface area contributed by atoms with E-state index in [0.29, 0.717) is 24.3 Å². The van der Waals surface area contributed by atoms with Gasteiger partial charge in [0.05, 0.1) is 18.4 Å². The van der Waals surface area contributed by atoms with Crippen molar-refractivity contribution in [1.82, 2.24) is 5.01 Å². The lowest BCUT2D eigenvalue weighted by molar-refractivity contribution is 0.0711. The summed E-state index contributed by atoms with van der Waals surface area (Å²) in [5, 5.41) is 9.04. The normalized spacial score (nSPS) is 15.2. The maximum atomic E-state index is 13.3. The summed E-state index contributed by atoms with van der Waals surface area (Å²) < 4.78 is 6.08. The zero-order valence-electron chi connectivity index (χ0n) is 19.1. The molecule has 174 valence electrons. The quantitative estimate of drug-likeness (QED) is 0.396. The third-order valence-corrected chi connectivity index (χ3v) is 5.93. The van der Waals surface area contributed by atoms with Crippen LogP contribution in [0, 0.1) is 5.92 Å². The molecule has 1 N–H and O–H groups in total. The molecule has 0 aromatic heterocycles. The van der Waals surface area contributed by atoms with E-state index in [1.54, 1.807) is 17.1 Å². The van der Waals surface area contributed by atoms with E-state index in [-0.39, 0.29) is 17.9 Å². The van der Waals surface area contributed by atoms with Crippen molar-refractivity contribution in [2.24, 2.45) is 11.0 Å². The van der Waals surface area contributed by atoms with Gasteiger partial charge in [0.15, 0.2) is 0 Å². The molecule has 1 atom stereocenters. The number of nitrogens with zero attached hydrogens (tertiary/aromatic N) is 2. The van der Waals surface area contributed by atoms with Gasteiger partial charge in [-0.25, -0.2) is 9.80 Å². The van der Waals surface area contributed by atoms with E-state index in [1.807, 2.05) is 80.6 Å². The molecule has 2 amide bonds. The number of hydrazone groups is 1. The molecule has 4 rings (SSSR count). The van der Waals surface area contributed by atoms with Crippen LogP contribution in [-0.2, 0) is 4.74 Å². The van der Waals surface area contributed by atoms with Crippen LogP contribution in [0.15, 0.2) is 88.4 Å². The van der Waals surface area contributed by atoms with Crippen molar-refractivity contribution in [3.05, 3.63) is 100 Å². The van der Waals surface area contributed by atoms with E-state index in [0.717, 1.165) is 21.3 Å². The number of carbonyl (C=O) groups is 2. The molecule has 0 fully saturated rings. The summed E-state index contributed by atoms with van der Waals surface area (Å²) >= 11 is 3.42. The number of hydrogen-bond acceptors (Lipinski definition) is 4. The van der Waals surface area contributed by atoms with E-state index < -0.39 is 6.09 Å². The number of anilines is 1. The second-order valence-electron chi connectivity index (χ2n) is 8.53. The molecule has 0 saturated carbocycles. The van der Waals surface area contributed by atoms with Crippen molar-refractivity contribution in [3.63, 3.8) is 0 Å². The summed E-state index contributed by atoms with van der Waals surface area (Å²) in [5.41, 5.74) is 3.95. The zero-order valence-corrected chi connectivity index (χ0v) is 20.7. The minimum atomic E-state index is -0.477. The first kappa shape index (κ1) is 23.7. The number of ether oxygens (including phenoxy) is 1. The molecule has 0 saturated heterocycles. The molecule has 0 bridgehead atoms. The average molecular weight is 520 g/mol. The summed E-state index contributed by atoms with van der Waals surface area (Å²) in [6.07, 6.45) is 0.116. The molecule has 0 spiro atoms. The summed E-state index contributed by atoms with van der Waals surface area (Å²) in [7, 11) is 0. The van der Waals surface area contributed by atoms with E-state index in [2.05, 4.69) is 21.2 Å². The van der Waals surface area contributed by atoms with Crippen molar-refractivity contribution in [2.75, 3.05) is 11.9 Å². The molecule has 0 radical (unpaired) electrons. The van der Waals surface area contributed by atoms with Crippen LogP contribution >= 0.6 is 15.9 Å². The standard InChI is InChI=1S/C27H26BrN3O3/c1-18(2)17-34-27(33)29-23-14-10-19(11-15-23)24-16-25(20-6-4-3-5-7-20)31(30-24)26(32)21-8-12-22(28)13-9-21/h3-15,18,25H,16-17H2,1-2H3,(H,29,33). The lowest BCUT2D eigenvalue weighted by Crippen LogP contribution is -2.27. The van der Waals surface area contributed by atoms with Gasteiger partial charge in [-0.3, -0.25) is 10.1 Å². The number of hydrogen-bond donors (Lipinski definition) is 1. The molecule has 1 aliphatic rings. The van der Waals surface area contributed by atoms with Gasteiger partial charge < -0.3 is 4.74 Å². The minimum absolute atomic E-state index is 0.150. The number of carbonyl (C=O) groups excluding carboxylic acids is 2. The smallest absolute Gasteiger partial charge is 0.411 e. The third-order valence-electron chi connectivity index (χ3n) is 5.41. The predicted molar refractivity (Wildman–Crippen MR) is 137 cm³/mol. The second-order valence-corrected chi connectivity index (χ2v) is 9.44. The number of nitrogens with one attached hydrogen (secondary N) is 1. The minimum Gasteiger partial charge on any atom is -0.449 e. The Balaban J connectivity index is 1.55. The summed E-state index contributed by atoms with van der Waals surface area (Å²) in [6, 6.07) is 24.4. The van der Waals surface area contributed by atoms with Gasteiger partial charge in [-0.2, -0.15) is 5.10 Å². The fourth-order valence-electron chi connectivity index (χ4n) is 3.67. The van der Waals surface area contributed by atoms with Gasteiger partial charge in [0.25, 0.3) is 5.91 Å². The Labute approximate surface area is 207 Å².